The van der Waals surface area contributed by atoms with Crippen molar-refractivity contribution in [3.8, 4) is 0 Å². The zero-order valence-corrected chi connectivity index (χ0v) is 15.8. The van der Waals surface area contributed by atoms with Gasteiger partial charge in [0.25, 0.3) is 5.91 Å². The monoisotopic (exact) mass is 364 g/mol. The molecular formula is C18H24N2O4S. The van der Waals surface area contributed by atoms with Crippen molar-refractivity contribution in [2.24, 2.45) is 0 Å². The lowest BCUT2D eigenvalue weighted by atomic mass is 10.1. The summed E-state index contributed by atoms with van der Waals surface area (Å²) in [6.07, 6.45) is 1.57. The number of rotatable bonds is 7. The highest BCUT2D eigenvalue weighted by atomic mass is 32.2. The number of amides is 1. The average molecular weight is 364 g/mol. The van der Waals surface area contributed by atoms with Crippen molar-refractivity contribution < 1.29 is 17.6 Å². The molecule has 1 aromatic carbocycles. The van der Waals surface area contributed by atoms with E-state index in [1.54, 1.807) is 50.3 Å². The quantitative estimate of drug-likeness (QED) is 0.757. The maximum absolute atomic E-state index is 12.6. The second-order valence-electron chi connectivity index (χ2n) is 5.72. The van der Waals surface area contributed by atoms with Gasteiger partial charge in [0.05, 0.1) is 17.2 Å². The van der Waals surface area contributed by atoms with Crippen LogP contribution in [0.15, 0.2) is 52.0 Å². The molecule has 1 aromatic heterocycles. The zero-order valence-electron chi connectivity index (χ0n) is 15.0. The Morgan fingerprint density at radius 3 is 2.20 bits per heavy atom. The number of benzene rings is 1. The number of sulfonamides is 1. The van der Waals surface area contributed by atoms with Crippen molar-refractivity contribution in [2.45, 2.75) is 31.7 Å². The molecule has 0 spiro atoms. The molecule has 0 saturated heterocycles. The predicted molar refractivity (Wildman–Crippen MR) is 95.8 cm³/mol. The van der Waals surface area contributed by atoms with Crippen molar-refractivity contribution in [3.05, 3.63) is 54.0 Å². The molecule has 7 heteroatoms. The van der Waals surface area contributed by atoms with Crippen molar-refractivity contribution in [1.82, 2.24) is 9.21 Å². The Hall–Kier alpha value is -2.12. The highest BCUT2D eigenvalue weighted by Crippen LogP contribution is 2.22. The van der Waals surface area contributed by atoms with Gasteiger partial charge in [-0.25, -0.2) is 8.42 Å². The molecule has 1 amide bonds. The lowest BCUT2D eigenvalue weighted by Gasteiger charge is -2.23. The molecule has 0 N–H and O–H groups in total. The Kier molecular flexibility index (Phi) is 6.02. The van der Waals surface area contributed by atoms with E-state index >= 15 is 0 Å². The van der Waals surface area contributed by atoms with Gasteiger partial charge < -0.3 is 9.32 Å². The number of hydrogen-bond acceptors (Lipinski definition) is 4. The minimum atomic E-state index is -3.52. The van der Waals surface area contributed by atoms with E-state index < -0.39 is 10.0 Å². The van der Waals surface area contributed by atoms with Crippen LogP contribution in [0.2, 0.25) is 0 Å². The second-order valence-corrected chi connectivity index (χ2v) is 7.66. The van der Waals surface area contributed by atoms with Gasteiger partial charge in [0.1, 0.15) is 5.76 Å². The minimum Gasteiger partial charge on any atom is -0.467 e. The Balaban J connectivity index is 2.20. The molecule has 25 heavy (non-hydrogen) atoms. The van der Waals surface area contributed by atoms with E-state index in [9.17, 15) is 13.2 Å². The third kappa shape index (κ3) is 3.93. The fourth-order valence-corrected chi connectivity index (χ4v) is 4.04. The molecule has 0 aliphatic carbocycles. The first kappa shape index (κ1) is 19.2. The summed E-state index contributed by atoms with van der Waals surface area (Å²) in [5, 5.41) is 0. The van der Waals surface area contributed by atoms with E-state index in [0.717, 1.165) is 0 Å². The molecule has 6 nitrogen and oxygen atoms in total. The Bertz CT molecular complexity index is 794. The van der Waals surface area contributed by atoms with E-state index in [4.69, 9.17) is 4.42 Å². The molecule has 1 atom stereocenters. The highest BCUT2D eigenvalue weighted by Gasteiger charge is 2.24. The molecule has 0 radical (unpaired) electrons. The van der Waals surface area contributed by atoms with Crippen molar-refractivity contribution in [2.75, 3.05) is 20.1 Å². The molecule has 0 aliphatic heterocycles. The molecule has 1 heterocycles. The summed E-state index contributed by atoms with van der Waals surface area (Å²) in [5.74, 6) is 0.493. The van der Waals surface area contributed by atoms with Crippen LogP contribution in [0.3, 0.4) is 0 Å². The average Bonchev–Trinajstić information content (AvgIpc) is 3.15. The summed E-state index contributed by atoms with van der Waals surface area (Å²) in [6, 6.07) is 9.42. The van der Waals surface area contributed by atoms with Gasteiger partial charge in [0.15, 0.2) is 0 Å². The lowest BCUT2D eigenvalue weighted by Crippen LogP contribution is -2.31. The third-order valence-corrected chi connectivity index (χ3v) is 6.36. The highest BCUT2D eigenvalue weighted by molar-refractivity contribution is 7.89. The normalized spacial score (nSPS) is 13.0. The molecule has 0 fully saturated rings. The van der Waals surface area contributed by atoms with Crippen molar-refractivity contribution in [1.29, 1.82) is 0 Å². The number of carbonyl (C=O) groups excluding carboxylic acids is 1. The number of nitrogens with zero attached hydrogens (tertiary/aromatic N) is 2. The van der Waals surface area contributed by atoms with Crippen molar-refractivity contribution in [3.63, 3.8) is 0 Å². The van der Waals surface area contributed by atoms with Gasteiger partial charge >= 0.3 is 0 Å². The standard InChI is InChI=1S/C18H24N2O4S/c1-5-20(6-2)25(22,23)16-11-9-15(10-12-16)18(21)19(4)14(3)17-8-7-13-24-17/h7-14H,5-6H2,1-4H3. The molecule has 136 valence electrons. The summed E-state index contributed by atoms with van der Waals surface area (Å²) in [6.45, 7) is 6.27. The minimum absolute atomic E-state index is 0.189. The van der Waals surface area contributed by atoms with Crippen LogP contribution in [0.4, 0.5) is 0 Å². The first-order valence-electron chi connectivity index (χ1n) is 8.23. The van der Waals surface area contributed by atoms with E-state index in [1.165, 1.54) is 16.4 Å². The van der Waals surface area contributed by atoms with Gasteiger partial charge in [0, 0.05) is 25.7 Å². The number of furan rings is 1. The molecule has 0 saturated carbocycles. The van der Waals surface area contributed by atoms with Crippen LogP contribution in [0.1, 0.15) is 42.9 Å². The fourth-order valence-electron chi connectivity index (χ4n) is 2.58. The van der Waals surface area contributed by atoms with Crippen LogP contribution in [-0.2, 0) is 10.0 Å². The Labute approximate surface area is 149 Å². The first-order valence-corrected chi connectivity index (χ1v) is 9.67. The Morgan fingerprint density at radius 2 is 1.72 bits per heavy atom. The largest absolute Gasteiger partial charge is 0.467 e. The van der Waals surface area contributed by atoms with E-state index in [2.05, 4.69) is 0 Å². The maximum Gasteiger partial charge on any atom is 0.254 e. The van der Waals surface area contributed by atoms with E-state index in [-0.39, 0.29) is 16.8 Å². The van der Waals surface area contributed by atoms with E-state index in [1.807, 2.05) is 13.0 Å². The number of carbonyl (C=O) groups is 1. The van der Waals surface area contributed by atoms with Gasteiger partial charge in [-0.15, -0.1) is 0 Å². The SMILES string of the molecule is CCN(CC)S(=O)(=O)c1ccc(C(=O)N(C)C(C)c2ccco2)cc1. The van der Waals surface area contributed by atoms with Crippen LogP contribution in [0, 0.1) is 0 Å². The predicted octanol–water partition coefficient (Wildman–Crippen LogP) is 3.14. The van der Waals surface area contributed by atoms with Gasteiger partial charge in [-0.05, 0) is 43.3 Å². The van der Waals surface area contributed by atoms with Crippen LogP contribution in [0.5, 0.6) is 0 Å². The number of hydrogen-bond donors (Lipinski definition) is 0. The molecule has 2 rings (SSSR count). The van der Waals surface area contributed by atoms with Gasteiger partial charge in [-0.1, -0.05) is 13.8 Å². The van der Waals surface area contributed by atoms with Gasteiger partial charge in [0.2, 0.25) is 10.0 Å². The first-order chi connectivity index (χ1) is 11.8. The summed E-state index contributed by atoms with van der Waals surface area (Å²) in [5.41, 5.74) is 0.430. The van der Waals surface area contributed by atoms with Crippen LogP contribution in [-0.4, -0.2) is 43.7 Å². The van der Waals surface area contributed by atoms with Gasteiger partial charge in [-0.2, -0.15) is 4.31 Å². The van der Waals surface area contributed by atoms with E-state index in [0.29, 0.717) is 24.4 Å². The summed E-state index contributed by atoms with van der Waals surface area (Å²) in [4.78, 5) is 14.4. The van der Waals surface area contributed by atoms with Crippen LogP contribution in [0.25, 0.3) is 0 Å². The smallest absolute Gasteiger partial charge is 0.254 e. The topological polar surface area (TPSA) is 70.8 Å². The zero-order chi connectivity index (χ0) is 18.6. The van der Waals surface area contributed by atoms with Crippen LogP contribution >= 0.6 is 0 Å². The maximum atomic E-state index is 12.6. The van der Waals surface area contributed by atoms with Crippen molar-refractivity contribution >= 4 is 15.9 Å². The fraction of sp³-hybridized carbons (Fsp3) is 0.389. The Morgan fingerprint density at radius 1 is 1.12 bits per heavy atom. The summed E-state index contributed by atoms with van der Waals surface area (Å²) >= 11 is 0. The molecule has 0 bridgehead atoms. The third-order valence-electron chi connectivity index (χ3n) is 4.30. The second kappa shape index (κ2) is 7.84. The lowest BCUT2D eigenvalue weighted by molar-refractivity contribution is 0.0726. The summed E-state index contributed by atoms with van der Waals surface area (Å²) in [7, 11) is -1.83. The van der Waals surface area contributed by atoms with Crippen LogP contribution < -0.4 is 0 Å². The summed E-state index contributed by atoms with van der Waals surface area (Å²) < 4.78 is 31.7. The van der Waals surface area contributed by atoms with Gasteiger partial charge in [-0.3, -0.25) is 4.79 Å². The molecular weight excluding hydrogens is 340 g/mol. The molecule has 0 aliphatic rings. The molecule has 1 unspecified atom stereocenters. The molecule has 2 aromatic rings.